The third kappa shape index (κ3) is 4.18. The van der Waals surface area contributed by atoms with Gasteiger partial charge in [-0.3, -0.25) is 9.59 Å². The summed E-state index contributed by atoms with van der Waals surface area (Å²) in [5.41, 5.74) is 2.69. The van der Waals surface area contributed by atoms with Crippen molar-refractivity contribution in [3.8, 4) is 0 Å². The van der Waals surface area contributed by atoms with Gasteiger partial charge in [-0.1, -0.05) is 36.4 Å². The standard InChI is InChI=1S/C18H16N2O3S2/c21-15(24)9-12(18(22)23)17-20-16-13(7-4-8-14(16)25-17)19-10-11-5-2-1-3-6-11/h1-8,12,19H,9-10H2,(H,21,24)(H,22,23). The largest absolute Gasteiger partial charge is 0.481 e. The number of para-hydroxylation sites is 1. The molecule has 25 heavy (non-hydrogen) atoms. The van der Waals surface area contributed by atoms with E-state index in [1.54, 1.807) is 0 Å². The number of rotatable bonds is 7. The van der Waals surface area contributed by atoms with Crippen molar-refractivity contribution in [3.05, 3.63) is 59.1 Å². The first-order chi connectivity index (χ1) is 12.0. The fraction of sp³-hybridized carbons (Fsp3) is 0.167. The molecule has 0 aliphatic rings. The lowest BCUT2D eigenvalue weighted by Crippen LogP contribution is -2.13. The van der Waals surface area contributed by atoms with Gasteiger partial charge < -0.3 is 10.4 Å². The Morgan fingerprint density at radius 1 is 1.16 bits per heavy atom. The summed E-state index contributed by atoms with van der Waals surface area (Å²) in [6.07, 6.45) is -0.176. The van der Waals surface area contributed by atoms with Gasteiger partial charge in [0.05, 0.1) is 10.4 Å². The SMILES string of the molecule is O=C(S)CC(C(=O)O)c1nc2c(NCc3ccccc3)cccc2s1. The molecule has 128 valence electrons. The maximum atomic E-state index is 11.5. The molecule has 1 heterocycles. The summed E-state index contributed by atoms with van der Waals surface area (Å²) >= 11 is 5.00. The van der Waals surface area contributed by atoms with E-state index in [0.29, 0.717) is 11.6 Å². The molecule has 3 aromatic rings. The molecule has 7 heteroatoms. The van der Waals surface area contributed by atoms with Gasteiger partial charge in [-0.2, -0.15) is 0 Å². The summed E-state index contributed by atoms with van der Waals surface area (Å²) in [4.78, 5) is 27.2. The highest BCUT2D eigenvalue weighted by molar-refractivity contribution is 7.96. The molecule has 0 saturated carbocycles. The van der Waals surface area contributed by atoms with E-state index in [1.165, 1.54) is 11.3 Å². The van der Waals surface area contributed by atoms with Gasteiger partial charge in [0, 0.05) is 13.0 Å². The molecular weight excluding hydrogens is 356 g/mol. The first-order valence-corrected chi connectivity index (χ1v) is 8.93. The average Bonchev–Trinajstić information content (AvgIpc) is 3.02. The molecule has 2 aromatic carbocycles. The Bertz CT molecular complexity index is 909. The quantitative estimate of drug-likeness (QED) is 0.548. The number of thiazole rings is 1. The second kappa shape index (κ2) is 7.67. The van der Waals surface area contributed by atoms with Crippen LogP contribution >= 0.6 is 24.0 Å². The number of nitrogens with one attached hydrogen (secondary N) is 1. The van der Waals surface area contributed by atoms with Crippen LogP contribution in [-0.2, 0) is 16.1 Å². The van der Waals surface area contributed by atoms with Crippen molar-refractivity contribution >= 4 is 51.0 Å². The molecule has 1 aromatic heterocycles. The third-order valence-corrected chi connectivity index (χ3v) is 5.05. The second-order valence-corrected chi connectivity index (χ2v) is 7.09. The summed E-state index contributed by atoms with van der Waals surface area (Å²) < 4.78 is 0.880. The summed E-state index contributed by atoms with van der Waals surface area (Å²) in [6, 6.07) is 15.7. The predicted octanol–water partition coefficient (Wildman–Crippen LogP) is 3.92. The molecule has 0 amide bonds. The maximum Gasteiger partial charge on any atom is 0.313 e. The molecule has 0 aliphatic carbocycles. The van der Waals surface area contributed by atoms with Gasteiger partial charge in [0.25, 0.3) is 0 Å². The zero-order chi connectivity index (χ0) is 17.8. The fourth-order valence-electron chi connectivity index (χ4n) is 2.51. The Morgan fingerprint density at radius 2 is 1.92 bits per heavy atom. The number of carbonyl (C=O) groups excluding carboxylic acids is 1. The number of nitrogens with zero attached hydrogens (tertiary/aromatic N) is 1. The molecule has 0 aliphatic heterocycles. The number of carbonyl (C=O) groups is 2. The molecule has 0 fully saturated rings. The van der Waals surface area contributed by atoms with Crippen LogP contribution < -0.4 is 5.32 Å². The lowest BCUT2D eigenvalue weighted by atomic mass is 10.1. The van der Waals surface area contributed by atoms with Crippen LogP contribution in [0.5, 0.6) is 0 Å². The van der Waals surface area contributed by atoms with Crippen LogP contribution in [0.15, 0.2) is 48.5 Å². The Hall–Kier alpha value is -2.38. The van der Waals surface area contributed by atoms with Crippen molar-refractivity contribution in [2.45, 2.75) is 18.9 Å². The average molecular weight is 372 g/mol. The zero-order valence-electron chi connectivity index (χ0n) is 13.2. The number of hydrogen-bond acceptors (Lipinski definition) is 5. The number of carboxylic acids is 1. The van der Waals surface area contributed by atoms with Gasteiger partial charge in [0.1, 0.15) is 16.4 Å². The van der Waals surface area contributed by atoms with Gasteiger partial charge in [-0.15, -0.1) is 24.0 Å². The van der Waals surface area contributed by atoms with Crippen molar-refractivity contribution in [2.75, 3.05) is 5.32 Å². The number of aromatic nitrogens is 1. The van der Waals surface area contributed by atoms with Crippen molar-refractivity contribution < 1.29 is 14.7 Å². The molecule has 2 N–H and O–H groups in total. The second-order valence-electron chi connectivity index (χ2n) is 5.53. The zero-order valence-corrected chi connectivity index (χ0v) is 14.9. The van der Waals surface area contributed by atoms with E-state index in [-0.39, 0.29) is 6.42 Å². The number of thiol groups is 1. The van der Waals surface area contributed by atoms with Gasteiger partial charge in [0.2, 0.25) is 0 Å². The molecule has 0 saturated heterocycles. The van der Waals surface area contributed by atoms with Crippen LogP contribution in [0.2, 0.25) is 0 Å². The highest BCUT2D eigenvalue weighted by Crippen LogP contribution is 2.33. The number of carboxylic acid groups (broad SMARTS) is 1. The van der Waals surface area contributed by atoms with E-state index >= 15 is 0 Å². The van der Waals surface area contributed by atoms with Crippen LogP contribution in [0.1, 0.15) is 22.9 Å². The van der Waals surface area contributed by atoms with Gasteiger partial charge in [-0.25, -0.2) is 4.98 Å². The number of hydrogen-bond donors (Lipinski definition) is 3. The molecule has 0 bridgehead atoms. The van der Waals surface area contributed by atoms with Crippen LogP contribution in [0.3, 0.4) is 0 Å². The van der Waals surface area contributed by atoms with Gasteiger partial charge in [0.15, 0.2) is 5.12 Å². The van der Waals surface area contributed by atoms with E-state index in [0.717, 1.165) is 21.5 Å². The van der Waals surface area contributed by atoms with Gasteiger partial charge >= 0.3 is 5.97 Å². The van der Waals surface area contributed by atoms with Crippen molar-refractivity contribution in [1.82, 2.24) is 4.98 Å². The minimum Gasteiger partial charge on any atom is -0.481 e. The highest BCUT2D eigenvalue weighted by Gasteiger charge is 2.26. The summed E-state index contributed by atoms with van der Waals surface area (Å²) in [6.45, 7) is 0.643. The lowest BCUT2D eigenvalue weighted by Gasteiger charge is -2.07. The molecule has 0 radical (unpaired) electrons. The molecular formula is C18H16N2O3S2. The molecule has 5 nitrogen and oxygen atoms in total. The van der Waals surface area contributed by atoms with E-state index in [4.69, 9.17) is 0 Å². The Morgan fingerprint density at radius 3 is 2.60 bits per heavy atom. The molecule has 0 spiro atoms. The Labute approximate surface area is 154 Å². The van der Waals surface area contributed by atoms with Crippen LogP contribution in [0, 0.1) is 0 Å². The summed E-state index contributed by atoms with van der Waals surface area (Å²) in [5.74, 6) is -2.04. The monoisotopic (exact) mass is 372 g/mol. The van der Waals surface area contributed by atoms with E-state index in [9.17, 15) is 14.7 Å². The number of aliphatic carboxylic acids is 1. The predicted molar refractivity (Wildman–Crippen MR) is 102 cm³/mol. The van der Waals surface area contributed by atoms with E-state index < -0.39 is 17.0 Å². The van der Waals surface area contributed by atoms with Crippen LogP contribution in [0.4, 0.5) is 5.69 Å². The minimum absolute atomic E-state index is 0.176. The first kappa shape index (κ1) is 17.4. The number of anilines is 1. The van der Waals surface area contributed by atoms with Crippen molar-refractivity contribution in [3.63, 3.8) is 0 Å². The summed E-state index contributed by atoms with van der Waals surface area (Å²) in [7, 11) is 0. The molecule has 1 atom stereocenters. The first-order valence-electron chi connectivity index (χ1n) is 7.66. The third-order valence-electron chi connectivity index (χ3n) is 3.74. The van der Waals surface area contributed by atoms with Gasteiger partial charge in [-0.05, 0) is 17.7 Å². The lowest BCUT2D eigenvalue weighted by molar-refractivity contribution is -0.139. The molecule has 3 rings (SSSR count). The maximum absolute atomic E-state index is 11.5. The number of benzene rings is 2. The van der Waals surface area contributed by atoms with Crippen molar-refractivity contribution in [1.29, 1.82) is 0 Å². The smallest absolute Gasteiger partial charge is 0.313 e. The number of fused-ring (bicyclic) bond motifs is 1. The van der Waals surface area contributed by atoms with Crippen LogP contribution in [0.25, 0.3) is 10.2 Å². The normalized spacial score (nSPS) is 12.0. The minimum atomic E-state index is -1.07. The highest BCUT2D eigenvalue weighted by atomic mass is 32.1. The Balaban J connectivity index is 1.89. The van der Waals surface area contributed by atoms with E-state index in [1.807, 2.05) is 48.5 Å². The van der Waals surface area contributed by atoms with E-state index in [2.05, 4.69) is 22.9 Å². The fourth-order valence-corrected chi connectivity index (χ4v) is 3.78. The Kier molecular flexibility index (Phi) is 5.35. The van der Waals surface area contributed by atoms with Crippen molar-refractivity contribution in [2.24, 2.45) is 0 Å². The summed E-state index contributed by atoms with van der Waals surface area (Å²) in [5, 5.41) is 12.7. The van der Waals surface area contributed by atoms with Crippen LogP contribution in [-0.4, -0.2) is 21.2 Å². The topological polar surface area (TPSA) is 79.3 Å². The molecule has 1 unspecified atom stereocenters.